The van der Waals surface area contributed by atoms with Gasteiger partial charge < -0.3 is 9.72 Å². The Hall–Kier alpha value is -3.66. The van der Waals surface area contributed by atoms with Gasteiger partial charge in [-0.05, 0) is 31.5 Å². The molecule has 1 aromatic carbocycles. The molecule has 0 radical (unpaired) electrons. The smallest absolute Gasteiger partial charge is 0.325 e. The highest BCUT2D eigenvalue weighted by atomic mass is 16.5. The molecule has 4 rings (SSSR count). The molecule has 2 aromatic heterocycles. The average Bonchev–Trinajstić information content (AvgIpc) is 3.47. The minimum absolute atomic E-state index is 0.170. The van der Waals surface area contributed by atoms with Gasteiger partial charge in [-0.1, -0.05) is 29.5 Å². The Morgan fingerprint density at radius 2 is 1.96 bits per heavy atom. The van der Waals surface area contributed by atoms with Gasteiger partial charge in [0.05, 0.1) is 12.7 Å². The van der Waals surface area contributed by atoms with Crippen molar-refractivity contribution in [1.29, 1.82) is 0 Å². The van der Waals surface area contributed by atoms with Crippen LogP contribution in [0.25, 0.3) is 11.3 Å². The third-order valence-electron chi connectivity index (χ3n) is 4.72. The van der Waals surface area contributed by atoms with Crippen LogP contribution < -0.4 is 16.0 Å². The summed E-state index contributed by atoms with van der Waals surface area (Å²) < 4.78 is 5.35. The molecular formula is C21H18N4O3. The second-order valence-electron chi connectivity index (χ2n) is 6.76. The summed E-state index contributed by atoms with van der Waals surface area (Å²) in [5.74, 6) is 7.30. The number of aromatic nitrogens is 4. The average molecular weight is 374 g/mol. The highest BCUT2D eigenvalue weighted by Gasteiger charge is 2.40. The van der Waals surface area contributed by atoms with E-state index in [1.54, 1.807) is 6.07 Å². The lowest BCUT2D eigenvalue weighted by molar-refractivity contribution is 0.386. The molecule has 1 aliphatic carbocycles. The van der Waals surface area contributed by atoms with E-state index in [-0.39, 0.29) is 17.4 Å². The third kappa shape index (κ3) is 3.58. The van der Waals surface area contributed by atoms with Crippen molar-refractivity contribution in [3.63, 3.8) is 0 Å². The van der Waals surface area contributed by atoms with Gasteiger partial charge >= 0.3 is 5.69 Å². The highest BCUT2D eigenvalue weighted by Crippen LogP contribution is 2.49. The van der Waals surface area contributed by atoms with Gasteiger partial charge in [-0.25, -0.2) is 4.79 Å². The first-order valence-corrected chi connectivity index (χ1v) is 8.87. The monoisotopic (exact) mass is 374 g/mol. The van der Waals surface area contributed by atoms with Gasteiger partial charge in [0, 0.05) is 29.2 Å². The summed E-state index contributed by atoms with van der Waals surface area (Å²) in [6.45, 7) is 2.04. The number of aryl methyl sites for hydroxylation is 1. The lowest BCUT2D eigenvalue weighted by Crippen LogP contribution is -2.23. The Labute approximate surface area is 160 Å². The number of methoxy groups -OCH3 is 1. The molecule has 2 atom stereocenters. The molecule has 0 saturated heterocycles. The van der Waals surface area contributed by atoms with Crippen LogP contribution in [0.4, 0.5) is 0 Å². The molecular weight excluding hydrogens is 356 g/mol. The topological polar surface area (TPSA) is 101 Å². The number of ether oxygens (including phenoxy) is 1. The fourth-order valence-electron chi connectivity index (χ4n) is 3.06. The van der Waals surface area contributed by atoms with Crippen LogP contribution >= 0.6 is 0 Å². The molecule has 1 saturated carbocycles. The summed E-state index contributed by atoms with van der Waals surface area (Å²) >= 11 is 0. The summed E-state index contributed by atoms with van der Waals surface area (Å²) in [5, 5.41) is 8.15. The predicted molar refractivity (Wildman–Crippen MR) is 104 cm³/mol. The van der Waals surface area contributed by atoms with Crippen LogP contribution in [0.15, 0.2) is 46.1 Å². The van der Waals surface area contributed by atoms with Crippen LogP contribution in [0, 0.1) is 24.7 Å². The van der Waals surface area contributed by atoms with E-state index in [1.165, 1.54) is 18.9 Å². The molecule has 1 aliphatic rings. The van der Waals surface area contributed by atoms with Crippen molar-refractivity contribution in [1.82, 2.24) is 20.2 Å². The van der Waals surface area contributed by atoms with E-state index in [0.29, 0.717) is 11.6 Å². The minimum Gasteiger partial charge on any atom is -0.480 e. The largest absolute Gasteiger partial charge is 0.480 e. The maximum Gasteiger partial charge on any atom is 0.325 e. The zero-order valence-corrected chi connectivity index (χ0v) is 15.4. The molecule has 7 heteroatoms. The standard InChI is InChI=1S/C21H18N4O3/c1-12-3-5-13(6-4-12)7-8-14-9-15(14)16-10-18(24-25-20(16)28-2)17-11-22-21(27)23-19(17)26/h3-6,10-11,14-15H,9H2,1-2H3,(H2,22,23,26,27)/t14-,15-/m0/s1. The molecule has 0 spiro atoms. The summed E-state index contributed by atoms with van der Waals surface area (Å²) in [6, 6.07) is 9.88. The van der Waals surface area contributed by atoms with Crippen molar-refractivity contribution < 1.29 is 4.74 Å². The number of hydrogen-bond donors (Lipinski definition) is 2. The van der Waals surface area contributed by atoms with Crippen LogP contribution in [0.2, 0.25) is 0 Å². The van der Waals surface area contributed by atoms with E-state index >= 15 is 0 Å². The molecule has 140 valence electrons. The quantitative estimate of drug-likeness (QED) is 0.683. The molecule has 0 amide bonds. The van der Waals surface area contributed by atoms with E-state index in [1.807, 2.05) is 31.2 Å². The second kappa shape index (κ2) is 7.16. The summed E-state index contributed by atoms with van der Waals surface area (Å²) in [5.41, 5.74) is 2.60. The van der Waals surface area contributed by atoms with Crippen molar-refractivity contribution >= 4 is 0 Å². The minimum atomic E-state index is -0.566. The van der Waals surface area contributed by atoms with Gasteiger partial charge in [-0.15, -0.1) is 10.2 Å². The molecule has 0 bridgehead atoms. The van der Waals surface area contributed by atoms with Crippen LogP contribution in [0.5, 0.6) is 5.88 Å². The van der Waals surface area contributed by atoms with E-state index < -0.39 is 11.2 Å². The second-order valence-corrected chi connectivity index (χ2v) is 6.76. The van der Waals surface area contributed by atoms with Crippen molar-refractivity contribution in [3.05, 3.63) is 74.1 Å². The molecule has 1 fully saturated rings. The summed E-state index contributed by atoms with van der Waals surface area (Å²) in [7, 11) is 1.54. The Balaban J connectivity index is 1.62. The molecule has 7 nitrogen and oxygen atoms in total. The van der Waals surface area contributed by atoms with Crippen LogP contribution in [-0.4, -0.2) is 27.3 Å². The van der Waals surface area contributed by atoms with E-state index in [2.05, 4.69) is 32.0 Å². The van der Waals surface area contributed by atoms with Crippen molar-refractivity contribution in [2.24, 2.45) is 5.92 Å². The van der Waals surface area contributed by atoms with Crippen molar-refractivity contribution in [2.75, 3.05) is 7.11 Å². The maximum absolute atomic E-state index is 12.0. The first-order valence-electron chi connectivity index (χ1n) is 8.87. The molecule has 2 N–H and O–H groups in total. The molecule has 0 aliphatic heterocycles. The van der Waals surface area contributed by atoms with Crippen LogP contribution in [-0.2, 0) is 0 Å². The third-order valence-corrected chi connectivity index (χ3v) is 4.72. The van der Waals surface area contributed by atoms with Crippen molar-refractivity contribution in [2.45, 2.75) is 19.3 Å². The number of H-pyrrole nitrogens is 2. The number of nitrogens with zero attached hydrogens (tertiary/aromatic N) is 2. The SMILES string of the molecule is COc1nnc(-c2c[nH]c(=O)[nH]c2=O)cc1[C@H]1C[C@@H]1C#Cc1ccc(C)cc1. The molecule has 3 aromatic rings. The van der Waals surface area contributed by atoms with Gasteiger partial charge in [-0.3, -0.25) is 9.78 Å². The fraction of sp³-hybridized carbons (Fsp3) is 0.238. The van der Waals surface area contributed by atoms with Crippen molar-refractivity contribution in [3.8, 4) is 29.0 Å². The number of nitrogens with one attached hydrogen (secondary N) is 2. The molecule has 2 heterocycles. The lowest BCUT2D eigenvalue weighted by Gasteiger charge is -2.07. The zero-order valence-electron chi connectivity index (χ0n) is 15.4. The van der Waals surface area contributed by atoms with Crippen LogP contribution in [0.3, 0.4) is 0 Å². The van der Waals surface area contributed by atoms with Crippen LogP contribution in [0.1, 0.15) is 29.0 Å². The maximum atomic E-state index is 12.0. The van der Waals surface area contributed by atoms with Gasteiger partial charge in [0.15, 0.2) is 0 Å². The molecule has 0 unspecified atom stereocenters. The number of rotatable bonds is 3. The predicted octanol–water partition coefficient (Wildman–Crippen LogP) is 1.99. The zero-order chi connectivity index (χ0) is 19.7. The van der Waals surface area contributed by atoms with Gasteiger partial charge in [0.25, 0.3) is 5.56 Å². The first-order chi connectivity index (χ1) is 13.5. The Morgan fingerprint density at radius 3 is 2.68 bits per heavy atom. The normalized spacial score (nSPS) is 17.5. The highest BCUT2D eigenvalue weighted by molar-refractivity contribution is 5.58. The van der Waals surface area contributed by atoms with E-state index in [9.17, 15) is 9.59 Å². The molecule has 28 heavy (non-hydrogen) atoms. The summed E-state index contributed by atoms with van der Waals surface area (Å²) in [4.78, 5) is 27.9. The van der Waals surface area contributed by atoms with E-state index in [0.717, 1.165) is 17.5 Å². The Kier molecular flexibility index (Phi) is 4.53. The Morgan fingerprint density at radius 1 is 1.18 bits per heavy atom. The van der Waals surface area contributed by atoms with E-state index in [4.69, 9.17) is 4.74 Å². The Bertz CT molecular complexity index is 1200. The fourth-order valence-corrected chi connectivity index (χ4v) is 3.06. The summed E-state index contributed by atoms with van der Waals surface area (Å²) in [6.07, 6.45) is 2.23. The lowest BCUT2D eigenvalue weighted by atomic mass is 10.1. The number of hydrogen-bond acceptors (Lipinski definition) is 5. The van der Waals surface area contributed by atoms with Gasteiger partial charge in [0.2, 0.25) is 5.88 Å². The number of aromatic amines is 2. The number of benzene rings is 1. The van der Waals surface area contributed by atoms with Gasteiger partial charge in [0.1, 0.15) is 5.69 Å². The first kappa shape index (κ1) is 17.7. The van der Waals surface area contributed by atoms with Gasteiger partial charge in [-0.2, -0.15) is 0 Å².